The van der Waals surface area contributed by atoms with Gasteiger partial charge in [0.05, 0.1) is 0 Å². The molecule has 7 heteroatoms. The van der Waals surface area contributed by atoms with Crippen LogP contribution in [-0.2, 0) is 0 Å². The van der Waals surface area contributed by atoms with Gasteiger partial charge in [-0.1, -0.05) is 41.9 Å². The normalized spacial score (nSPS) is 10.4. The van der Waals surface area contributed by atoms with Gasteiger partial charge >= 0.3 is 0 Å². The molecule has 0 aliphatic heterocycles. The van der Waals surface area contributed by atoms with E-state index in [0.717, 1.165) is 4.68 Å². The lowest BCUT2D eigenvalue weighted by molar-refractivity contribution is 0.842. The molecule has 1 aromatic heterocycles. The quantitative estimate of drug-likeness (QED) is 0.725. The Balaban J connectivity index is 1.96. The van der Waals surface area contributed by atoms with E-state index in [-0.39, 0.29) is 11.6 Å². The van der Waals surface area contributed by atoms with E-state index < -0.39 is 5.56 Å². The SMILES string of the molecule is Nn1c(Nc2ccc(Cl)cc2)nnc(-c2ccccc2)c1=O. The smallest absolute Gasteiger partial charge is 0.300 e. The second-order valence-electron chi connectivity index (χ2n) is 4.55. The molecule has 110 valence electrons. The zero-order chi connectivity index (χ0) is 15.5. The summed E-state index contributed by atoms with van der Waals surface area (Å²) in [6, 6.07) is 16.0. The summed E-state index contributed by atoms with van der Waals surface area (Å²) < 4.78 is 0.934. The summed E-state index contributed by atoms with van der Waals surface area (Å²) in [6.07, 6.45) is 0. The molecule has 2 aromatic carbocycles. The minimum Gasteiger partial charge on any atom is -0.333 e. The molecule has 0 bridgehead atoms. The molecule has 0 unspecified atom stereocenters. The van der Waals surface area contributed by atoms with Gasteiger partial charge in [-0.25, -0.2) is 0 Å². The predicted octanol–water partition coefficient (Wildman–Crippen LogP) is 2.42. The summed E-state index contributed by atoms with van der Waals surface area (Å²) in [5.41, 5.74) is 1.13. The fraction of sp³-hybridized carbons (Fsp3) is 0. The van der Waals surface area contributed by atoms with E-state index in [0.29, 0.717) is 16.3 Å². The van der Waals surface area contributed by atoms with Gasteiger partial charge in [-0.05, 0) is 24.3 Å². The van der Waals surface area contributed by atoms with Crippen molar-refractivity contribution in [2.24, 2.45) is 0 Å². The maximum atomic E-state index is 12.3. The fourth-order valence-corrected chi connectivity index (χ4v) is 2.05. The molecule has 0 saturated heterocycles. The van der Waals surface area contributed by atoms with Crippen LogP contribution in [-0.4, -0.2) is 14.9 Å². The Hall–Kier alpha value is -2.86. The predicted molar refractivity (Wildman–Crippen MR) is 86.6 cm³/mol. The fourth-order valence-electron chi connectivity index (χ4n) is 1.92. The van der Waals surface area contributed by atoms with Crippen molar-refractivity contribution < 1.29 is 0 Å². The lowest BCUT2D eigenvalue weighted by atomic mass is 10.2. The first-order valence-corrected chi connectivity index (χ1v) is 6.86. The molecule has 3 rings (SSSR count). The van der Waals surface area contributed by atoms with E-state index in [4.69, 9.17) is 17.4 Å². The summed E-state index contributed by atoms with van der Waals surface area (Å²) in [5.74, 6) is 5.96. The Bertz CT molecular complexity index is 846. The van der Waals surface area contributed by atoms with Crippen LogP contribution in [0.3, 0.4) is 0 Å². The molecule has 22 heavy (non-hydrogen) atoms. The molecule has 0 amide bonds. The highest BCUT2D eigenvalue weighted by atomic mass is 35.5. The number of halogens is 1. The monoisotopic (exact) mass is 313 g/mol. The zero-order valence-electron chi connectivity index (χ0n) is 11.4. The van der Waals surface area contributed by atoms with Crippen molar-refractivity contribution in [1.29, 1.82) is 0 Å². The van der Waals surface area contributed by atoms with E-state index in [2.05, 4.69) is 15.5 Å². The number of anilines is 2. The molecule has 0 atom stereocenters. The van der Waals surface area contributed by atoms with Crippen LogP contribution in [0.4, 0.5) is 11.6 Å². The van der Waals surface area contributed by atoms with Crippen molar-refractivity contribution >= 4 is 23.2 Å². The molecule has 1 heterocycles. The van der Waals surface area contributed by atoms with Crippen LogP contribution in [0.2, 0.25) is 5.02 Å². The average Bonchev–Trinajstić information content (AvgIpc) is 2.55. The summed E-state index contributed by atoms with van der Waals surface area (Å²) in [5, 5.41) is 11.5. The number of aromatic nitrogens is 3. The Morgan fingerprint density at radius 3 is 2.36 bits per heavy atom. The molecule has 0 fully saturated rings. The maximum Gasteiger partial charge on any atom is 0.300 e. The minimum atomic E-state index is -0.433. The van der Waals surface area contributed by atoms with Crippen LogP contribution >= 0.6 is 11.6 Å². The van der Waals surface area contributed by atoms with Crippen molar-refractivity contribution in [3.05, 3.63) is 70.0 Å². The first-order valence-electron chi connectivity index (χ1n) is 6.48. The maximum absolute atomic E-state index is 12.3. The molecule has 0 aliphatic rings. The summed E-state index contributed by atoms with van der Waals surface area (Å²) in [7, 11) is 0. The molecule has 0 radical (unpaired) electrons. The largest absolute Gasteiger partial charge is 0.333 e. The van der Waals surface area contributed by atoms with Gasteiger partial charge in [-0.2, -0.15) is 4.68 Å². The molecule has 0 spiro atoms. The van der Waals surface area contributed by atoms with Gasteiger partial charge in [-0.15, -0.1) is 10.2 Å². The van der Waals surface area contributed by atoms with Gasteiger partial charge in [0, 0.05) is 16.3 Å². The lowest BCUT2D eigenvalue weighted by Crippen LogP contribution is -2.32. The first kappa shape index (κ1) is 14.1. The molecular formula is C15H12ClN5O. The van der Waals surface area contributed by atoms with E-state index in [1.54, 1.807) is 36.4 Å². The van der Waals surface area contributed by atoms with E-state index in [9.17, 15) is 4.79 Å². The third kappa shape index (κ3) is 2.77. The third-order valence-corrected chi connectivity index (χ3v) is 3.29. The Morgan fingerprint density at radius 2 is 1.68 bits per heavy atom. The van der Waals surface area contributed by atoms with Gasteiger partial charge in [0.15, 0.2) is 5.69 Å². The second kappa shape index (κ2) is 5.87. The van der Waals surface area contributed by atoms with Gasteiger partial charge in [0.1, 0.15) is 0 Å². The number of nitrogens with one attached hydrogen (secondary N) is 1. The van der Waals surface area contributed by atoms with Crippen molar-refractivity contribution in [2.45, 2.75) is 0 Å². The van der Waals surface area contributed by atoms with Gasteiger partial charge < -0.3 is 11.2 Å². The summed E-state index contributed by atoms with van der Waals surface area (Å²) >= 11 is 5.82. The van der Waals surface area contributed by atoms with E-state index in [1.807, 2.05) is 18.2 Å². The lowest BCUT2D eigenvalue weighted by Gasteiger charge is -2.10. The van der Waals surface area contributed by atoms with Crippen LogP contribution in [0.15, 0.2) is 59.4 Å². The van der Waals surface area contributed by atoms with Crippen molar-refractivity contribution in [1.82, 2.24) is 14.9 Å². The standard InChI is InChI=1S/C15H12ClN5O/c16-11-6-8-12(9-7-11)18-15-20-19-13(14(22)21(15)17)10-4-2-1-3-5-10/h1-9H,17H2,(H,18,20). The highest BCUT2D eigenvalue weighted by Crippen LogP contribution is 2.17. The third-order valence-electron chi connectivity index (χ3n) is 3.04. The second-order valence-corrected chi connectivity index (χ2v) is 4.98. The number of nitrogen functional groups attached to an aromatic ring is 1. The topological polar surface area (TPSA) is 85.8 Å². The van der Waals surface area contributed by atoms with Gasteiger partial charge in [0.2, 0.25) is 5.95 Å². The molecule has 0 saturated carbocycles. The van der Waals surface area contributed by atoms with Gasteiger partial charge in [-0.3, -0.25) is 4.79 Å². The Labute approximate surface area is 131 Å². The number of hydrogen-bond donors (Lipinski definition) is 2. The Kier molecular flexibility index (Phi) is 3.76. The average molecular weight is 314 g/mol. The summed E-state index contributed by atoms with van der Waals surface area (Å²) in [4.78, 5) is 12.3. The number of hydrogen-bond acceptors (Lipinski definition) is 5. The van der Waals surface area contributed by atoms with Crippen LogP contribution in [0.5, 0.6) is 0 Å². The number of benzene rings is 2. The van der Waals surface area contributed by atoms with E-state index in [1.165, 1.54) is 0 Å². The highest BCUT2D eigenvalue weighted by molar-refractivity contribution is 6.30. The highest BCUT2D eigenvalue weighted by Gasteiger charge is 2.11. The van der Waals surface area contributed by atoms with E-state index >= 15 is 0 Å². The molecular weight excluding hydrogens is 302 g/mol. The van der Waals surface area contributed by atoms with Crippen molar-refractivity contribution in [3.8, 4) is 11.3 Å². The Morgan fingerprint density at radius 1 is 1.00 bits per heavy atom. The van der Waals surface area contributed by atoms with Crippen LogP contribution in [0.25, 0.3) is 11.3 Å². The number of rotatable bonds is 3. The molecule has 6 nitrogen and oxygen atoms in total. The molecule has 0 aliphatic carbocycles. The minimum absolute atomic E-state index is 0.145. The summed E-state index contributed by atoms with van der Waals surface area (Å²) in [6.45, 7) is 0. The van der Waals surface area contributed by atoms with Crippen LogP contribution < -0.4 is 16.7 Å². The van der Waals surface area contributed by atoms with Gasteiger partial charge in [0.25, 0.3) is 5.56 Å². The van der Waals surface area contributed by atoms with Crippen molar-refractivity contribution in [2.75, 3.05) is 11.2 Å². The first-order chi connectivity index (χ1) is 10.6. The van der Waals surface area contributed by atoms with Crippen LogP contribution in [0.1, 0.15) is 0 Å². The van der Waals surface area contributed by atoms with Crippen molar-refractivity contribution in [3.63, 3.8) is 0 Å². The molecule has 3 N–H and O–H groups in total. The number of nitrogens with two attached hydrogens (primary N) is 1. The number of nitrogens with zero attached hydrogens (tertiary/aromatic N) is 3. The molecule has 3 aromatic rings. The van der Waals surface area contributed by atoms with Crippen LogP contribution in [0, 0.1) is 0 Å². The zero-order valence-corrected chi connectivity index (χ0v) is 12.2.